The van der Waals surface area contributed by atoms with Crippen LogP contribution in [0.2, 0.25) is 0 Å². The molecule has 1 atom stereocenters. The van der Waals surface area contributed by atoms with Crippen LogP contribution in [0.15, 0.2) is 22.7 Å². The quantitative estimate of drug-likeness (QED) is 0.736. The number of nitrogens with one attached hydrogen (secondary N) is 1. The maximum atomic E-state index is 5.51. The lowest BCUT2D eigenvalue weighted by Crippen LogP contribution is -2.28. The van der Waals surface area contributed by atoms with E-state index in [0.717, 1.165) is 22.5 Å². The van der Waals surface area contributed by atoms with Gasteiger partial charge >= 0.3 is 0 Å². The molecular formula is C9H10BrNO. The first-order valence-electron chi connectivity index (χ1n) is 3.94. The van der Waals surface area contributed by atoms with E-state index in [2.05, 4.69) is 28.2 Å². The number of anilines is 1. The Hall–Kier alpha value is -0.700. The summed E-state index contributed by atoms with van der Waals surface area (Å²) in [5.41, 5.74) is 1.07. The number of rotatable bonds is 0. The summed E-state index contributed by atoms with van der Waals surface area (Å²) in [4.78, 5) is 0. The zero-order valence-electron chi connectivity index (χ0n) is 6.80. The average Bonchev–Trinajstić information content (AvgIpc) is 2.03. The summed E-state index contributed by atoms with van der Waals surface area (Å²) in [6.07, 6.45) is 0. The summed E-state index contributed by atoms with van der Waals surface area (Å²) in [6, 6.07) is 6.38. The highest BCUT2D eigenvalue weighted by atomic mass is 79.9. The third-order valence-electron chi connectivity index (χ3n) is 1.83. The van der Waals surface area contributed by atoms with Crippen molar-refractivity contribution in [3.05, 3.63) is 22.7 Å². The van der Waals surface area contributed by atoms with E-state index in [1.807, 2.05) is 18.2 Å². The van der Waals surface area contributed by atoms with Gasteiger partial charge in [0.15, 0.2) is 0 Å². The van der Waals surface area contributed by atoms with Gasteiger partial charge in [0.25, 0.3) is 0 Å². The molecule has 12 heavy (non-hydrogen) atoms. The van der Waals surface area contributed by atoms with E-state index in [0.29, 0.717) is 6.04 Å². The number of fused-ring (bicyclic) bond motifs is 1. The van der Waals surface area contributed by atoms with E-state index in [9.17, 15) is 0 Å². The second kappa shape index (κ2) is 2.98. The van der Waals surface area contributed by atoms with Gasteiger partial charge in [0.05, 0.1) is 11.7 Å². The molecule has 0 amide bonds. The van der Waals surface area contributed by atoms with Crippen LogP contribution in [0.5, 0.6) is 5.75 Å². The molecule has 1 aromatic carbocycles. The fourth-order valence-electron chi connectivity index (χ4n) is 1.26. The van der Waals surface area contributed by atoms with Crippen LogP contribution < -0.4 is 10.1 Å². The summed E-state index contributed by atoms with van der Waals surface area (Å²) in [5, 5.41) is 3.35. The van der Waals surface area contributed by atoms with Gasteiger partial charge in [-0.05, 0) is 25.1 Å². The summed E-state index contributed by atoms with van der Waals surface area (Å²) in [5.74, 6) is 0.941. The highest BCUT2D eigenvalue weighted by Gasteiger charge is 2.14. The molecule has 2 rings (SSSR count). The first-order valence-corrected chi connectivity index (χ1v) is 4.74. The molecule has 1 aliphatic rings. The van der Waals surface area contributed by atoms with Crippen molar-refractivity contribution in [3.8, 4) is 5.75 Å². The van der Waals surface area contributed by atoms with Gasteiger partial charge in [-0.1, -0.05) is 15.9 Å². The highest BCUT2D eigenvalue weighted by molar-refractivity contribution is 9.10. The number of halogens is 1. The molecule has 0 aliphatic carbocycles. The molecule has 1 N–H and O–H groups in total. The summed E-state index contributed by atoms with van der Waals surface area (Å²) < 4.78 is 6.58. The Morgan fingerprint density at radius 1 is 1.58 bits per heavy atom. The van der Waals surface area contributed by atoms with Crippen molar-refractivity contribution < 1.29 is 4.74 Å². The first-order chi connectivity index (χ1) is 5.75. The fraction of sp³-hybridized carbons (Fsp3) is 0.333. The molecule has 0 fully saturated rings. The van der Waals surface area contributed by atoms with Gasteiger partial charge in [0, 0.05) is 4.47 Å². The molecule has 1 aliphatic heterocycles. The Balaban J connectivity index is 2.37. The lowest BCUT2D eigenvalue weighted by atomic mass is 10.2. The van der Waals surface area contributed by atoms with Gasteiger partial charge in [-0.25, -0.2) is 0 Å². The average molecular weight is 228 g/mol. The number of hydrogen-bond acceptors (Lipinski definition) is 2. The molecule has 1 aromatic rings. The minimum atomic E-state index is 0.395. The zero-order chi connectivity index (χ0) is 8.55. The SMILES string of the molecule is CC1COc2ccc(Br)cc2N1. The van der Waals surface area contributed by atoms with Crippen LogP contribution in [-0.4, -0.2) is 12.6 Å². The van der Waals surface area contributed by atoms with Gasteiger partial charge in [-0.2, -0.15) is 0 Å². The number of ether oxygens (including phenoxy) is 1. The highest BCUT2D eigenvalue weighted by Crippen LogP contribution is 2.31. The summed E-state index contributed by atoms with van der Waals surface area (Å²) in [7, 11) is 0. The molecule has 2 nitrogen and oxygen atoms in total. The molecule has 0 saturated carbocycles. The second-order valence-corrected chi connectivity index (χ2v) is 3.91. The van der Waals surface area contributed by atoms with Crippen LogP contribution in [0.25, 0.3) is 0 Å². The first kappa shape index (κ1) is 7.92. The van der Waals surface area contributed by atoms with Crippen molar-refractivity contribution in [1.29, 1.82) is 0 Å². The zero-order valence-corrected chi connectivity index (χ0v) is 8.39. The van der Waals surface area contributed by atoms with Gasteiger partial charge in [0.1, 0.15) is 12.4 Å². The maximum absolute atomic E-state index is 5.51. The van der Waals surface area contributed by atoms with Gasteiger partial charge < -0.3 is 10.1 Å². The second-order valence-electron chi connectivity index (χ2n) is 3.00. The molecule has 1 heterocycles. The van der Waals surface area contributed by atoms with Crippen molar-refractivity contribution >= 4 is 21.6 Å². The van der Waals surface area contributed by atoms with Crippen LogP contribution in [0.1, 0.15) is 6.92 Å². The Labute approximate surface area is 80.1 Å². The Morgan fingerprint density at radius 2 is 2.42 bits per heavy atom. The summed E-state index contributed by atoms with van der Waals surface area (Å²) >= 11 is 3.41. The molecule has 0 bridgehead atoms. The normalized spacial score (nSPS) is 20.7. The van der Waals surface area contributed by atoms with Crippen LogP contribution in [0.4, 0.5) is 5.69 Å². The lowest BCUT2D eigenvalue weighted by Gasteiger charge is -2.24. The van der Waals surface area contributed by atoms with E-state index >= 15 is 0 Å². The van der Waals surface area contributed by atoms with Crippen LogP contribution in [-0.2, 0) is 0 Å². The molecule has 1 unspecified atom stereocenters. The molecule has 0 radical (unpaired) electrons. The van der Waals surface area contributed by atoms with Crippen LogP contribution >= 0.6 is 15.9 Å². The minimum absolute atomic E-state index is 0.395. The third-order valence-corrected chi connectivity index (χ3v) is 2.33. The summed E-state index contributed by atoms with van der Waals surface area (Å²) in [6.45, 7) is 2.85. The third kappa shape index (κ3) is 1.41. The molecule has 0 aromatic heterocycles. The smallest absolute Gasteiger partial charge is 0.142 e. The van der Waals surface area contributed by atoms with Gasteiger partial charge in [-0.3, -0.25) is 0 Å². The maximum Gasteiger partial charge on any atom is 0.142 e. The van der Waals surface area contributed by atoms with Crippen molar-refractivity contribution in [2.45, 2.75) is 13.0 Å². The molecular weight excluding hydrogens is 218 g/mol. The molecule has 64 valence electrons. The van der Waals surface area contributed by atoms with E-state index in [4.69, 9.17) is 4.74 Å². The Bertz CT molecular complexity index is 301. The number of benzene rings is 1. The number of hydrogen-bond donors (Lipinski definition) is 1. The van der Waals surface area contributed by atoms with Crippen LogP contribution in [0, 0.1) is 0 Å². The van der Waals surface area contributed by atoms with E-state index < -0.39 is 0 Å². The van der Waals surface area contributed by atoms with Gasteiger partial charge in [-0.15, -0.1) is 0 Å². The van der Waals surface area contributed by atoms with E-state index in [1.165, 1.54) is 0 Å². The fourth-order valence-corrected chi connectivity index (χ4v) is 1.62. The molecule has 3 heteroatoms. The lowest BCUT2D eigenvalue weighted by molar-refractivity contribution is 0.292. The largest absolute Gasteiger partial charge is 0.489 e. The van der Waals surface area contributed by atoms with E-state index in [1.54, 1.807) is 0 Å². The Kier molecular flexibility index (Phi) is 1.97. The van der Waals surface area contributed by atoms with Crippen molar-refractivity contribution in [3.63, 3.8) is 0 Å². The monoisotopic (exact) mass is 227 g/mol. The topological polar surface area (TPSA) is 21.3 Å². The van der Waals surface area contributed by atoms with Gasteiger partial charge in [0.2, 0.25) is 0 Å². The van der Waals surface area contributed by atoms with Crippen LogP contribution in [0.3, 0.4) is 0 Å². The van der Waals surface area contributed by atoms with Crippen molar-refractivity contribution in [1.82, 2.24) is 0 Å². The predicted octanol–water partition coefficient (Wildman–Crippen LogP) is 2.64. The predicted molar refractivity (Wildman–Crippen MR) is 52.7 cm³/mol. The van der Waals surface area contributed by atoms with E-state index in [-0.39, 0.29) is 0 Å². The molecule has 0 saturated heterocycles. The van der Waals surface area contributed by atoms with Crippen molar-refractivity contribution in [2.24, 2.45) is 0 Å². The molecule has 0 spiro atoms. The minimum Gasteiger partial charge on any atom is -0.489 e. The van der Waals surface area contributed by atoms with Crippen molar-refractivity contribution in [2.75, 3.05) is 11.9 Å². The Morgan fingerprint density at radius 3 is 3.25 bits per heavy atom. The standard InChI is InChI=1S/C9H10BrNO/c1-6-5-12-9-3-2-7(10)4-8(9)11-6/h2-4,6,11H,5H2,1H3.